The Hall–Kier alpha value is -0.540. The summed E-state index contributed by atoms with van der Waals surface area (Å²) in [5.41, 5.74) is -1.82. The van der Waals surface area contributed by atoms with Crippen LogP contribution in [-0.4, -0.2) is 30.4 Å². The van der Waals surface area contributed by atoms with Gasteiger partial charge in [-0.05, 0) is 32.2 Å². The maximum atomic E-state index is 12.3. The van der Waals surface area contributed by atoms with Crippen LogP contribution in [0.5, 0.6) is 0 Å². The molecule has 8 heteroatoms. The molecule has 0 aromatic carbocycles. The molecule has 2 unspecified atom stereocenters. The first-order chi connectivity index (χ1) is 8.37. The number of hydrogen-bond donors (Lipinski definition) is 1. The van der Waals surface area contributed by atoms with Crippen molar-refractivity contribution in [1.29, 1.82) is 5.26 Å². The standard InChI is InChI=1S/C10H19N2O4PS/c1-5-12-9(13)10(4,8-11)16-17(14,15-6-2)18-7-3/h5-7H2,1-4H3,(H,12,13). The Morgan fingerprint density at radius 3 is 2.50 bits per heavy atom. The zero-order chi connectivity index (χ0) is 14.2. The first-order valence-electron chi connectivity index (χ1n) is 5.66. The van der Waals surface area contributed by atoms with Crippen LogP contribution in [0.2, 0.25) is 0 Å². The minimum Gasteiger partial charge on any atom is -0.353 e. The van der Waals surface area contributed by atoms with Crippen LogP contribution in [0.25, 0.3) is 0 Å². The summed E-state index contributed by atoms with van der Waals surface area (Å²) in [6, 6.07) is 1.74. The molecular weight excluding hydrogens is 275 g/mol. The van der Waals surface area contributed by atoms with Crippen LogP contribution in [0.1, 0.15) is 27.7 Å². The van der Waals surface area contributed by atoms with E-state index in [0.717, 1.165) is 11.4 Å². The molecule has 2 atom stereocenters. The summed E-state index contributed by atoms with van der Waals surface area (Å²) in [5.74, 6) is -0.127. The molecule has 0 saturated heterocycles. The molecule has 0 saturated carbocycles. The number of nitrogens with zero attached hydrogens (tertiary/aromatic N) is 1. The van der Waals surface area contributed by atoms with Gasteiger partial charge in [0.15, 0.2) is 0 Å². The highest BCUT2D eigenvalue weighted by Crippen LogP contribution is 2.62. The number of carbonyl (C=O) groups is 1. The molecule has 0 aromatic heterocycles. The average Bonchev–Trinajstić information content (AvgIpc) is 2.29. The average molecular weight is 294 g/mol. The van der Waals surface area contributed by atoms with Crippen molar-refractivity contribution >= 4 is 24.1 Å². The minimum atomic E-state index is -3.50. The third kappa shape index (κ3) is 4.99. The van der Waals surface area contributed by atoms with Gasteiger partial charge in [0.05, 0.1) is 6.61 Å². The van der Waals surface area contributed by atoms with E-state index in [1.807, 2.05) is 0 Å². The van der Waals surface area contributed by atoms with Crippen molar-refractivity contribution in [2.45, 2.75) is 33.3 Å². The van der Waals surface area contributed by atoms with Crippen LogP contribution in [0.15, 0.2) is 0 Å². The van der Waals surface area contributed by atoms with Gasteiger partial charge < -0.3 is 9.84 Å². The second kappa shape index (κ2) is 7.80. The van der Waals surface area contributed by atoms with E-state index in [-0.39, 0.29) is 6.61 Å². The lowest BCUT2D eigenvalue weighted by Crippen LogP contribution is -2.44. The Morgan fingerprint density at radius 2 is 2.11 bits per heavy atom. The third-order valence-corrected chi connectivity index (χ3v) is 5.85. The van der Waals surface area contributed by atoms with Crippen molar-refractivity contribution in [2.75, 3.05) is 18.9 Å². The molecular formula is C10H19N2O4PS. The number of amides is 1. The fourth-order valence-electron chi connectivity index (χ4n) is 1.07. The highest BCUT2D eigenvalue weighted by Gasteiger charge is 2.42. The molecule has 0 fully saturated rings. The number of nitrogens with one attached hydrogen (secondary N) is 1. The van der Waals surface area contributed by atoms with Gasteiger partial charge in [-0.1, -0.05) is 6.92 Å². The predicted octanol–water partition coefficient (Wildman–Crippen LogP) is 2.32. The maximum absolute atomic E-state index is 12.3. The number of carbonyl (C=O) groups excluding carboxylic acids is 1. The van der Waals surface area contributed by atoms with Gasteiger partial charge in [0, 0.05) is 12.3 Å². The second-order valence-electron chi connectivity index (χ2n) is 3.38. The van der Waals surface area contributed by atoms with E-state index in [1.54, 1.807) is 26.8 Å². The Bertz CT molecular complexity index is 361. The maximum Gasteiger partial charge on any atom is 0.391 e. The SMILES string of the molecule is CCNC(=O)C(C)(C#N)OP(=O)(OCC)SCC. The van der Waals surface area contributed by atoms with E-state index >= 15 is 0 Å². The zero-order valence-corrected chi connectivity index (χ0v) is 12.8. The number of rotatable bonds is 8. The Morgan fingerprint density at radius 1 is 1.50 bits per heavy atom. The zero-order valence-electron chi connectivity index (χ0n) is 11.1. The van der Waals surface area contributed by atoms with Gasteiger partial charge in [-0.3, -0.25) is 9.32 Å². The summed E-state index contributed by atoms with van der Waals surface area (Å²) >= 11 is 0.961. The van der Waals surface area contributed by atoms with Crippen LogP contribution in [0.4, 0.5) is 0 Å². The first-order valence-corrected chi connectivity index (χ1v) is 8.80. The molecule has 0 spiro atoms. The number of hydrogen-bond acceptors (Lipinski definition) is 6. The second-order valence-corrected chi connectivity index (χ2v) is 7.67. The van der Waals surface area contributed by atoms with E-state index in [9.17, 15) is 9.36 Å². The van der Waals surface area contributed by atoms with Gasteiger partial charge in [-0.25, -0.2) is 4.57 Å². The smallest absolute Gasteiger partial charge is 0.353 e. The minimum absolute atomic E-state index is 0.182. The van der Waals surface area contributed by atoms with E-state index < -0.39 is 18.3 Å². The molecule has 0 heterocycles. The Labute approximate surface area is 112 Å². The predicted molar refractivity (Wildman–Crippen MR) is 71.2 cm³/mol. The summed E-state index contributed by atoms with van der Waals surface area (Å²) < 4.78 is 22.5. The van der Waals surface area contributed by atoms with Gasteiger partial charge in [0.1, 0.15) is 6.07 Å². The summed E-state index contributed by atoms with van der Waals surface area (Å²) in [6.45, 7) is 3.50. The lowest BCUT2D eigenvalue weighted by Gasteiger charge is -2.25. The van der Waals surface area contributed by atoms with Crippen LogP contribution >= 0.6 is 18.2 Å². The van der Waals surface area contributed by atoms with Crippen molar-refractivity contribution in [3.05, 3.63) is 0 Å². The Balaban J connectivity index is 5.03. The van der Waals surface area contributed by atoms with Crippen molar-refractivity contribution in [3.63, 3.8) is 0 Å². The highest BCUT2D eigenvalue weighted by atomic mass is 32.7. The summed E-state index contributed by atoms with van der Waals surface area (Å²) in [7, 11) is 0. The molecule has 1 N–H and O–H groups in total. The van der Waals surface area contributed by atoms with Crippen molar-refractivity contribution in [3.8, 4) is 6.07 Å². The summed E-state index contributed by atoms with van der Waals surface area (Å²) in [4.78, 5) is 11.7. The molecule has 18 heavy (non-hydrogen) atoms. The van der Waals surface area contributed by atoms with E-state index in [4.69, 9.17) is 14.3 Å². The monoisotopic (exact) mass is 294 g/mol. The molecule has 1 amide bonds. The lowest BCUT2D eigenvalue weighted by atomic mass is 10.1. The van der Waals surface area contributed by atoms with Gasteiger partial charge in [0.25, 0.3) is 5.91 Å². The van der Waals surface area contributed by atoms with Crippen LogP contribution in [-0.2, 0) is 18.4 Å². The number of likely N-dealkylation sites (N-methyl/N-ethyl adjacent to an activating group) is 1. The van der Waals surface area contributed by atoms with Crippen LogP contribution < -0.4 is 5.32 Å². The van der Waals surface area contributed by atoms with Crippen molar-refractivity contribution in [2.24, 2.45) is 0 Å². The summed E-state index contributed by atoms with van der Waals surface area (Å²) in [5, 5.41) is 11.5. The van der Waals surface area contributed by atoms with Crippen molar-refractivity contribution < 1.29 is 18.4 Å². The van der Waals surface area contributed by atoms with E-state index in [1.165, 1.54) is 6.92 Å². The van der Waals surface area contributed by atoms with Gasteiger partial charge >= 0.3 is 6.80 Å². The molecule has 6 nitrogen and oxygen atoms in total. The van der Waals surface area contributed by atoms with Crippen molar-refractivity contribution in [1.82, 2.24) is 5.32 Å². The summed E-state index contributed by atoms with van der Waals surface area (Å²) in [6.07, 6.45) is 0. The largest absolute Gasteiger partial charge is 0.391 e. The van der Waals surface area contributed by atoms with Gasteiger partial charge in [-0.2, -0.15) is 5.26 Å². The molecule has 0 rings (SSSR count). The van der Waals surface area contributed by atoms with E-state index in [0.29, 0.717) is 12.3 Å². The quantitative estimate of drug-likeness (QED) is 0.691. The third-order valence-electron chi connectivity index (χ3n) is 1.85. The lowest BCUT2D eigenvalue weighted by molar-refractivity contribution is -0.131. The molecule has 0 aromatic rings. The molecule has 0 aliphatic carbocycles. The fraction of sp³-hybridized carbons (Fsp3) is 0.800. The fourth-order valence-corrected chi connectivity index (χ4v) is 4.55. The topological polar surface area (TPSA) is 88.4 Å². The van der Waals surface area contributed by atoms with E-state index in [2.05, 4.69) is 5.32 Å². The van der Waals surface area contributed by atoms with Gasteiger partial charge in [-0.15, -0.1) is 0 Å². The molecule has 0 aliphatic rings. The molecule has 104 valence electrons. The first kappa shape index (κ1) is 17.5. The van der Waals surface area contributed by atoms with Crippen LogP contribution in [0.3, 0.4) is 0 Å². The van der Waals surface area contributed by atoms with Gasteiger partial charge in [0.2, 0.25) is 5.60 Å². The normalized spacial score (nSPS) is 17.3. The molecule has 0 bridgehead atoms. The highest BCUT2D eigenvalue weighted by molar-refractivity contribution is 8.55. The Kier molecular flexibility index (Phi) is 7.56. The molecule has 0 radical (unpaired) electrons. The molecule has 0 aliphatic heterocycles. The number of nitriles is 1. The van der Waals surface area contributed by atoms with Crippen LogP contribution in [0, 0.1) is 11.3 Å².